The second-order valence-electron chi connectivity index (χ2n) is 6.81. The largest absolute Gasteiger partial charge is 0.352 e. The molecule has 23 heavy (non-hydrogen) atoms. The number of carbonyl (C=O) groups is 1. The number of halogens is 2. The molecule has 0 saturated heterocycles. The van der Waals surface area contributed by atoms with Gasteiger partial charge in [0.15, 0.2) is 0 Å². The molecular formula is C18H26ClFN2O. The first kappa shape index (κ1) is 18.2. The van der Waals surface area contributed by atoms with Crippen molar-refractivity contribution in [2.45, 2.75) is 45.7 Å². The summed E-state index contributed by atoms with van der Waals surface area (Å²) in [4.78, 5) is 14.0. The van der Waals surface area contributed by atoms with Crippen LogP contribution in [0.2, 0.25) is 5.02 Å². The fourth-order valence-corrected chi connectivity index (χ4v) is 3.52. The molecule has 3 atom stereocenters. The lowest BCUT2D eigenvalue weighted by molar-refractivity contribution is -0.123. The van der Waals surface area contributed by atoms with Crippen LogP contribution in [-0.4, -0.2) is 30.4 Å². The van der Waals surface area contributed by atoms with E-state index in [1.807, 2.05) is 0 Å². The van der Waals surface area contributed by atoms with Crippen molar-refractivity contribution in [1.82, 2.24) is 10.2 Å². The number of hydrogen-bond donors (Lipinski definition) is 1. The predicted octanol–water partition coefficient (Wildman–Crippen LogP) is 3.85. The molecule has 128 valence electrons. The van der Waals surface area contributed by atoms with Crippen LogP contribution in [0, 0.1) is 17.7 Å². The second-order valence-corrected chi connectivity index (χ2v) is 7.22. The van der Waals surface area contributed by atoms with E-state index in [0.29, 0.717) is 29.0 Å². The summed E-state index contributed by atoms with van der Waals surface area (Å²) in [6.45, 7) is 5.00. The van der Waals surface area contributed by atoms with Gasteiger partial charge in [0.1, 0.15) is 5.82 Å². The minimum Gasteiger partial charge on any atom is -0.352 e. The number of hydrogen-bond acceptors (Lipinski definition) is 2. The van der Waals surface area contributed by atoms with Gasteiger partial charge in [-0.2, -0.15) is 0 Å². The van der Waals surface area contributed by atoms with Crippen LogP contribution in [0.25, 0.3) is 0 Å². The molecule has 1 aliphatic carbocycles. The zero-order valence-corrected chi connectivity index (χ0v) is 14.9. The van der Waals surface area contributed by atoms with Crippen LogP contribution in [0.1, 0.15) is 38.7 Å². The zero-order valence-electron chi connectivity index (χ0n) is 14.1. The van der Waals surface area contributed by atoms with E-state index in [1.165, 1.54) is 12.5 Å². The van der Waals surface area contributed by atoms with E-state index in [4.69, 9.17) is 11.6 Å². The zero-order chi connectivity index (χ0) is 17.0. The first-order valence-corrected chi connectivity index (χ1v) is 8.67. The maximum absolute atomic E-state index is 13.8. The summed E-state index contributed by atoms with van der Waals surface area (Å²) in [6, 6.07) is 4.88. The third-order valence-electron chi connectivity index (χ3n) is 4.96. The number of carbonyl (C=O) groups excluding carboxylic acids is 1. The summed E-state index contributed by atoms with van der Waals surface area (Å²) in [5, 5.41) is 3.53. The van der Waals surface area contributed by atoms with Crippen LogP contribution in [-0.2, 0) is 11.3 Å². The number of nitrogens with zero attached hydrogens (tertiary/aromatic N) is 1. The summed E-state index contributed by atoms with van der Waals surface area (Å²) in [6.07, 6.45) is 3.44. The van der Waals surface area contributed by atoms with Crippen LogP contribution in [0.3, 0.4) is 0 Å². The molecule has 1 amide bonds. The maximum Gasteiger partial charge on any atom is 0.234 e. The Kier molecular flexibility index (Phi) is 6.42. The van der Waals surface area contributed by atoms with Gasteiger partial charge in [0, 0.05) is 23.2 Å². The van der Waals surface area contributed by atoms with Crippen molar-refractivity contribution in [3.63, 3.8) is 0 Å². The van der Waals surface area contributed by atoms with Crippen molar-refractivity contribution in [3.05, 3.63) is 34.6 Å². The Morgan fingerprint density at radius 2 is 2.13 bits per heavy atom. The number of benzene rings is 1. The molecule has 2 rings (SSSR count). The highest BCUT2D eigenvalue weighted by Gasteiger charge is 2.28. The molecule has 1 aliphatic rings. The molecule has 5 heteroatoms. The van der Waals surface area contributed by atoms with Crippen LogP contribution in [0.4, 0.5) is 4.39 Å². The minimum atomic E-state index is -0.334. The predicted molar refractivity (Wildman–Crippen MR) is 91.9 cm³/mol. The minimum absolute atomic E-state index is 0.00842. The Morgan fingerprint density at radius 1 is 1.39 bits per heavy atom. The number of likely N-dealkylation sites (N-methyl/N-ethyl adjacent to an activating group) is 1. The van der Waals surface area contributed by atoms with Gasteiger partial charge in [-0.05, 0) is 37.4 Å². The van der Waals surface area contributed by atoms with Crippen LogP contribution >= 0.6 is 11.6 Å². The van der Waals surface area contributed by atoms with Crippen molar-refractivity contribution < 1.29 is 9.18 Å². The van der Waals surface area contributed by atoms with E-state index in [9.17, 15) is 9.18 Å². The van der Waals surface area contributed by atoms with Crippen molar-refractivity contribution in [2.75, 3.05) is 13.6 Å². The average molecular weight is 341 g/mol. The van der Waals surface area contributed by atoms with E-state index in [1.54, 1.807) is 24.1 Å². The Balaban J connectivity index is 1.87. The summed E-state index contributed by atoms with van der Waals surface area (Å²) >= 11 is 6.03. The molecule has 1 fully saturated rings. The summed E-state index contributed by atoms with van der Waals surface area (Å²) in [5.74, 6) is 0.799. The fourth-order valence-electron chi connectivity index (χ4n) is 3.29. The molecule has 1 N–H and O–H groups in total. The number of nitrogens with one attached hydrogen (secondary N) is 1. The molecule has 0 heterocycles. The Morgan fingerprint density at radius 3 is 2.83 bits per heavy atom. The molecule has 3 nitrogen and oxygen atoms in total. The average Bonchev–Trinajstić information content (AvgIpc) is 2.48. The molecule has 0 unspecified atom stereocenters. The van der Waals surface area contributed by atoms with Gasteiger partial charge < -0.3 is 5.32 Å². The standard InChI is InChI=1S/C18H26ClFN2O/c1-12-6-4-9-17(13(12)2)21-18(23)11-22(3)10-14-15(19)7-5-8-16(14)20/h5,7-8,12-13,17H,4,6,9-11H2,1-3H3,(H,21,23)/t12-,13+,17-/m1/s1. The third-order valence-corrected chi connectivity index (χ3v) is 5.31. The molecule has 1 saturated carbocycles. The smallest absolute Gasteiger partial charge is 0.234 e. The van der Waals surface area contributed by atoms with E-state index >= 15 is 0 Å². The van der Waals surface area contributed by atoms with E-state index < -0.39 is 0 Å². The lowest BCUT2D eigenvalue weighted by Gasteiger charge is -2.35. The van der Waals surface area contributed by atoms with E-state index in [-0.39, 0.29) is 24.3 Å². The molecule has 0 spiro atoms. The molecular weight excluding hydrogens is 315 g/mol. The Bertz CT molecular complexity index is 532. The van der Waals surface area contributed by atoms with E-state index in [2.05, 4.69) is 19.2 Å². The third kappa shape index (κ3) is 4.92. The van der Waals surface area contributed by atoms with Crippen LogP contribution in [0.15, 0.2) is 18.2 Å². The van der Waals surface area contributed by atoms with Gasteiger partial charge in [-0.3, -0.25) is 9.69 Å². The highest BCUT2D eigenvalue weighted by molar-refractivity contribution is 6.31. The van der Waals surface area contributed by atoms with Crippen molar-refractivity contribution in [3.8, 4) is 0 Å². The highest BCUT2D eigenvalue weighted by atomic mass is 35.5. The van der Waals surface area contributed by atoms with Crippen molar-refractivity contribution in [2.24, 2.45) is 11.8 Å². The summed E-state index contributed by atoms with van der Waals surface area (Å²) in [7, 11) is 1.80. The maximum atomic E-state index is 13.8. The molecule has 0 radical (unpaired) electrons. The van der Waals surface area contributed by atoms with Gasteiger partial charge >= 0.3 is 0 Å². The molecule has 1 aromatic carbocycles. The lowest BCUT2D eigenvalue weighted by Crippen LogP contribution is -2.46. The fraction of sp³-hybridized carbons (Fsp3) is 0.611. The SMILES string of the molecule is C[C@H]1[C@H](C)CCC[C@H]1NC(=O)CN(C)Cc1c(F)cccc1Cl. The summed E-state index contributed by atoms with van der Waals surface area (Å²) < 4.78 is 13.8. The van der Waals surface area contributed by atoms with Crippen LogP contribution < -0.4 is 5.32 Å². The molecule has 0 aromatic heterocycles. The number of amides is 1. The highest BCUT2D eigenvalue weighted by Crippen LogP contribution is 2.29. The van der Waals surface area contributed by atoms with Gasteiger partial charge in [0.25, 0.3) is 0 Å². The van der Waals surface area contributed by atoms with Gasteiger partial charge in [-0.15, -0.1) is 0 Å². The quantitative estimate of drug-likeness (QED) is 0.883. The van der Waals surface area contributed by atoms with Gasteiger partial charge in [0.05, 0.1) is 6.54 Å². The summed E-state index contributed by atoms with van der Waals surface area (Å²) in [5.41, 5.74) is 0.434. The number of rotatable bonds is 5. The van der Waals surface area contributed by atoms with Crippen molar-refractivity contribution in [1.29, 1.82) is 0 Å². The molecule has 0 bridgehead atoms. The van der Waals surface area contributed by atoms with Crippen molar-refractivity contribution >= 4 is 17.5 Å². The Hall–Kier alpha value is -1.13. The lowest BCUT2D eigenvalue weighted by atomic mass is 9.78. The first-order valence-electron chi connectivity index (χ1n) is 8.29. The Labute approximate surface area is 143 Å². The molecule has 0 aliphatic heterocycles. The molecule has 1 aromatic rings. The van der Waals surface area contributed by atoms with Gasteiger partial charge in [0.2, 0.25) is 5.91 Å². The normalized spacial score (nSPS) is 24.7. The van der Waals surface area contributed by atoms with E-state index in [0.717, 1.165) is 12.8 Å². The monoisotopic (exact) mass is 340 g/mol. The van der Waals surface area contributed by atoms with Crippen LogP contribution in [0.5, 0.6) is 0 Å². The topological polar surface area (TPSA) is 32.3 Å². The second kappa shape index (κ2) is 8.11. The van der Waals surface area contributed by atoms with Gasteiger partial charge in [-0.1, -0.05) is 44.4 Å². The van der Waals surface area contributed by atoms with Gasteiger partial charge in [-0.25, -0.2) is 4.39 Å². The first-order chi connectivity index (χ1) is 10.9.